The lowest BCUT2D eigenvalue weighted by Gasteiger charge is -2.36. The smallest absolute Gasteiger partial charge is 0.313 e. The Balaban J connectivity index is 1.90. The van der Waals surface area contributed by atoms with Gasteiger partial charge in [0.05, 0.1) is 17.4 Å². The summed E-state index contributed by atoms with van der Waals surface area (Å²) in [6, 6.07) is 14.6. The maximum Gasteiger partial charge on any atom is 0.323 e. The molecule has 2 aromatic carbocycles. The van der Waals surface area contributed by atoms with Gasteiger partial charge < -0.3 is 4.90 Å². The second-order valence-corrected chi connectivity index (χ2v) is 7.28. The maximum absolute atomic E-state index is 12.8. The van der Waals surface area contributed by atoms with Crippen molar-refractivity contribution in [2.45, 2.75) is 19.9 Å². The van der Waals surface area contributed by atoms with Crippen molar-refractivity contribution in [2.75, 3.05) is 11.9 Å². The van der Waals surface area contributed by atoms with E-state index in [1.807, 2.05) is 50.2 Å². The highest BCUT2D eigenvalue weighted by Gasteiger charge is 2.37. The fourth-order valence-electron chi connectivity index (χ4n) is 3.52. The van der Waals surface area contributed by atoms with Crippen molar-refractivity contribution in [1.29, 1.82) is 0 Å². The molecule has 1 atom stereocenters. The fraction of sp³-hybridized carbons (Fsp3) is 0.200. The van der Waals surface area contributed by atoms with Crippen molar-refractivity contribution in [1.82, 2.24) is 14.7 Å². The first-order valence-electron chi connectivity index (χ1n) is 8.68. The Morgan fingerprint density at radius 1 is 1.04 bits per heavy atom. The van der Waals surface area contributed by atoms with Crippen LogP contribution in [0, 0.1) is 6.92 Å². The zero-order valence-corrected chi connectivity index (χ0v) is 16.4. The van der Waals surface area contributed by atoms with Gasteiger partial charge in [-0.15, -0.1) is 0 Å². The average Bonchev–Trinajstić information content (AvgIpc) is 2.98. The van der Waals surface area contributed by atoms with Gasteiger partial charge in [-0.05, 0) is 55.8 Å². The van der Waals surface area contributed by atoms with Gasteiger partial charge in [-0.3, -0.25) is 5.32 Å². The van der Waals surface area contributed by atoms with Crippen LogP contribution in [-0.2, 0) is 0 Å². The topological polar surface area (TPSA) is 50.2 Å². The second-order valence-electron chi connectivity index (χ2n) is 6.41. The van der Waals surface area contributed by atoms with Gasteiger partial charge in [-0.2, -0.15) is 5.10 Å². The molecule has 0 saturated heterocycles. The van der Waals surface area contributed by atoms with E-state index in [4.69, 9.17) is 28.3 Å². The molecular weight excluding hydrogens is 383 g/mol. The summed E-state index contributed by atoms with van der Waals surface area (Å²) in [4.78, 5) is 14.6. The van der Waals surface area contributed by atoms with E-state index in [9.17, 15) is 4.79 Å². The predicted octanol–water partition coefficient (Wildman–Crippen LogP) is 5.44. The number of rotatable bonds is 3. The number of nitrogens with one attached hydrogen (secondary N) is 1. The molecule has 0 fully saturated rings. The molecule has 2 heterocycles. The third-order valence-electron chi connectivity index (χ3n) is 4.78. The zero-order valence-electron chi connectivity index (χ0n) is 14.9. The molecule has 4 rings (SSSR count). The summed E-state index contributed by atoms with van der Waals surface area (Å²) in [6.45, 7) is 4.50. The molecule has 5 nitrogen and oxygen atoms in total. The summed E-state index contributed by atoms with van der Waals surface area (Å²) < 4.78 is 1.76. The number of aryl methyl sites for hydroxylation is 1. The Morgan fingerprint density at radius 3 is 2.22 bits per heavy atom. The molecule has 1 unspecified atom stereocenters. The summed E-state index contributed by atoms with van der Waals surface area (Å²) in [6.07, 6.45) is 0. The highest BCUT2D eigenvalue weighted by molar-refractivity contribution is 6.30. The van der Waals surface area contributed by atoms with Crippen LogP contribution in [0.4, 0.5) is 10.6 Å². The van der Waals surface area contributed by atoms with Crippen LogP contribution in [0.5, 0.6) is 0 Å². The van der Waals surface area contributed by atoms with Gasteiger partial charge in [0, 0.05) is 22.2 Å². The summed E-state index contributed by atoms with van der Waals surface area (Å²) in [7, 11) is 0. The van der Waals surface area contributed by atoms with Crippen molar-refractivity contribution in [2.24, 2.45) is 0 Å². The Kier molecular flexibility index (Phi) is 4.58. The van der Waals surface area contributed by atoms with Gasteiger partial charge in [-0.25, -0.2) is 9.48 Å². The fourth-order valence-corrected chi connectivity index (χ4v) is 3.77. The number of carbonyl (C=O) groups is 1. The van der Waals surface area contributed by atoms with E-state index in [-0.39, 0.29) is 12.1 Å². The van der Waals surface area contributed by atoms with Crippen molar-refractivity contribution in [3.8, 4) is 5.69 Å². The van der Waals surface area contributed by atoms with E-state index in [1.54, 1.807) is 21.7 Å². The third kappa shape index (κ3) is 3.07. The van der Waals surface area contributed by atoms with Crippen LogP contribution >= 0.6 is 23.2 Å². The van der Waals surface area contributed by atoms with Crippen LogP contribution in [0.15, 0.2) is 48.5 Å². The molecule has 0 bridgehead atoms. The van der Waals surface area contributed by atoms with Gasteiger partial charge in [0.25, 0.3) is 0 Å². The quantitative estimate of drug-likeness (QED) is 0.635. The molecular formula is C20H18Cl2N4O. The van der Waals surface area contributed by atoms with Gasteiger partial charge in [0.2, 0.25) is 0 Å². The highest BCUT2D eigenvalue weighted by atomic mass is 35.5. The predicted molar refractivity (Wildman–Crippen MR) is 108 cm³/mol. The van der Waals surface area contributed by atoms with Crippen LogP contribution in [0.1, 0.15) is 29.8 Å². The van der Waals surface area contributed by atoms with E-state index in [0.717, 1.165) is 22.5 Å². The third-order valence-corrected chi connectivity index (χ3v) is 5.28. The molecule has 0 saturated carbocycles. The van der Waals surface area contributed by atoms with Crippen molar-refractivity contribution < 1.29 is 4.79 Å². The second kappa shape index (κ2) is 6.91. The first-order valence-corrected chi connectivity index (χ1v) is 9.43. The van der Waals surface area contributed by atoms with Crippen LogP contribution in [0.3, 0.4) is 0 Å². The number of aromatic nitrogens is 2. The Hall–Kier alpha value is -2.50. The summed E-state index contributed by atoms with van der Waals surface area (Å²) in [5.74, 6) is 0.685. The molecule has 0 radical (unpaired) electrons. The number of hydrogen-bond acceptors (Lipinski definition) is 2. The first kappa shape index (κ1) is 17.9. The minimum absolute atomic E-state index is 0.153. The van der Waals surface area contributed by atoms with Crippen LogP contribution in [0.2, 0.25) is 10.0 Å². The molecule has 27 heavy (non-hydrogen) atoms. The van der Waals surface area contributed by atoms with E-state index < -0.39 is 0 Å². The number of carbonyl (C=O) groups excluding carboxylic acids is 1. The molecule has 1 aromatic heterocycles. The highest BCUT2D eigenvalue weighted by Crippen LogP contribution is 2.40. The largest absolute Gasteiger partial charge is 0.323 e. The normalized spacial score (nSPS) is 16.2. The monoisotopic (exact) mass is 400 g/mol. The molecule has 0 spiro atoms. The molecule has 1 aliphatic heterocycles. The van der Waals surface area contributed by atoms with Crippen molar-refractivity contribution in [3.63, 3.8) is 0 Å². The lowest BCUT2D eigenvalue weighted by Crippen LogP contribution is -2.43. The lowest BCUT2D eigenvalue weighted by atomic mass is 9.95. The van der Waals surface area contributed by atoms with Crippen LogP contribution in [-0.4, -0.2) is 27.3 Å². The Labute approximate surface area is 167 Å². The van der Waals surface area contributed by atoms with Gasteiger partial charge in [0.1, 0.15) is 5.82 Å². The van der Waals surface area contributed by atoms with E-state index in [1.165, 1.54) is 0 Å². The number of anilines is 1. The van der Waals surface area contributed by atoms with Gasteiger partial charge >= 0.3 is 6.03 Å². The molecule has 3 aromatic rings. The van der Waals surface area contributed by atoms with Crippen molar-refractivity contribution >= 4 is 35.1 Å². The zero-order chi connectivity index (χ0) is 19.1. The molecule has 1 aliphatic rings. The number of benzene rings is 2. The average molecular weight is 401 g/mol. The van der Waals surface area contributed by atoms with Crippen LogP contribution < -0.4 is 5.32 Å². The van der Waals surface area contributed by atoms with E-state index in [0.29, 0.717) is 22.4 Å². The summed E-state index contributed by atoms with van der Waals surface area (Å²) >= 11 is 12.1. The Morgan fingerprint density at radius 2 is 1.63 bits per heavy atom. The maximum atomic E-state index is 12.8. The number of hydrogen-bond donors (Lipinski definition) is 1. The number of halogens is 2. The number of nitrogens with zero attached hydrogens (tertiary/aromatic N) is 3. The number of urea groups is 1. The minimum atomic E-state index is -0.225. The molecule has 2 amide bonds. The molecule has 138 valence electrons. The summed E-state index contributed by atoms with van der Waals surface area (Å²) in [5, 5.41) is 9.01. The number of fused-ring (bicyclic) bond motifs is 1. The molecule has 0 aliphatic carbocycles. The number of amides is 2. The standard InChI is InChI=1S/C20H18Cl2N4O/c1-3-25-18(13-4-6-14(21)7-5-13)17-12(2)24-26(19(17)23-20(25)27)16-10-8-15(22)9-11-16/h4-11,18H,3H2,1-2H3,(H,23,27). The summed E-state index contributed by atoms with van der Waals surface area (Å²) in [5.41, 5.74) is 3.67. The van der Waals surface area contributed by atoms with Crippen LogP contribution in [0.25, 0.3) is 5.69 Å². The van der Waals surface area contributed by atoms with E-state index in [2.05, 4.69) is 5.32 Å². The first-order chi connectivity index (χ1) is 13.0. The van der Waals surface area contributed by atoms with Crippen molar-refractivity contribution in [3.05, 3.63) is 75.4 Å². The molecule has 7 heteroatoms. The Bertz CT molecular complexity index is 996. The minimum Gasteiger partial charge on any atom is -0.313 e. The lowest BCUT2D eigenvalue weighted by molar-refractivity contribution is 0.198. The molecule has 1 N–H and O–H groups in total. The van der Waals surface area contributed by atoms with E-state index >= 15 is 0 Å². The van der Waals surface area contributed by atoms with Gasteiger partial charge in [0.15, 0.2) is 0 Å². The van der Waals surface area contributed by atoms with Gasteiger partial charge in [-0.1, -0.05) is 35.3 Å². The SMILES string of the molecule is CCN1C(=O)Nc2c(c(C)nn2-c2ccc(Cl)cc2)C1c1ccc(Cl)cc1.